The highest BCUT2D eigenvalue weighted by atomic mass is 32.2. The maximum Gasteiger partial charge on any atom is 0.258 e. The largest absolute Gasteiger partial charge is 0.494 e. The van der Waals surface area contributed by atoms with Gasteiger partial charge in [-0.05, 0) is 59.4 Å². The van der Waals surface area contributed by atoms with Crippen molar-refractivity contribution >= 4 is 21.8 Å². The van der Waals surface area contributed by atoms with Crippen LogP contribution in [-0.2, 0) is 26.7 Å². The summed E-state index contributed by atoms with van der Waals surface area (Å²) in [5.74, 6) is 0.223. The van der Waals surface area contributed by atoms with E-state index in [2.05, 4.69) is 43.2 Å². The van der Waals surface area contributed by atoms with E-state index in [9.17, 15) is 18.0 Å². The maximum absolute atomic E-state index is 13.1. The Morgan fingerprint density at radius 1 is 0.872 bits per heavy atom. The van der Waals surface area contributed by atoms with E-state index in [-0.39, 0.29) is 11.8 Å². The van der Waals surface area contributed by atoms with Gasteiger partial charge in [-0.25, -0.2) is 8.42 Å². The zero-order chi connectivity index (χ0) is 34.0. The lowest BCUT2D eigenvalue weighted by molar-refractivity contribution is -0.121. The van der Waals surface area contributed by atoms with E-state index in [4.69, 9.17) is 9.26 Å². The van der Waals surface area contributed by atoms with Crippen molar-refractivity contribution in [3.8, 4) is 28.6 Å². The Bertz CT molecular complexity index is 1730. The highest BCUT2D eigenvalue weighted by Crippen LogP contribution is 2.25. The van der Waals surface area contributed by atoms with Crippen molar-refractivity contribution in [1.82, 2.24) is 20.2 Å². The lowest BCUT2D eigenvalue weighted by Crippen LogP contribution is -2.49. The summed E-state index contributed by atoms with van der Waals surface area (Å²) in [6.45, 7) is 9.10. The molecule has 10 nitrogen and oxygen atoms in total. The van der Waals surface area contributed by atoms with Crippen molar-refractivity contribution < 1.29 is 27.3 Å². The standard InChI is InChI=1S/C36H44N4O6S/c1-6-7-8-9-10-23-45-30-21-17-28(18-22-30)35-38-32(39-46-35)26-13-11-25(12-14-26)24-31(34(42)40-47(5,43)44)37-33(41)27-15-19-29(20-16-27)36(2,3)4/h11-22,31H,6-10,23-24H2,1-5H3,(H,37,41)(H,40,42). The van der Waals surface area contributed by atoms with Gasteiger partial charge in [-0.2, -0.15) is 4.98 Å². The molecule has 3 aromatic carbocycles. The Morgan fingerprint density at radius 3 is 2.13 bits per heavy atom. The fourth-order valence-corrected chi connectivity index (χ4v) is 5.41. The quantitative estimate of drug-likeness (QED) is 0.138. The number of nitrogens with one attached hydrogen (secondary N) is 2. The number of carbonyl (C=O) groups is 2. The van der Waals surface area contributed by atoms with Crippen LogP contribution in [0.4, 0.5) is 0 Å². The van der Waals surface area contributed by atoms with E-state index in [1.165, 1.54) is 25.7 Å². The molecule has 0 aliphatic carbocycles. The first-order valence-electron chi connectivity index (χ1n) is 15.9. The zero-order valence-electron chi connectivity index (χ0n) is 27.7. The van der Waals surface area contributed by atoms with Crippen molar-refractivity contribution in [2.45, 2.75) is 77.7 Å². The number of ether oxygens (including phenoxy) is 1. The normalized spacial score (nSPS) is 12.4. The molecule has 4 rings (SSSR count). The zero-order valence-corrected chi connectivity index (χ0v) is 28.5. The van der Waals surface area contributed by atoms with E-state index in [0.29, 0.717) is 35.0 Å². The number of benzene rings is 3. The summed E-state index contributed by atoms with van der Waals surface area (Å²) in [4.78, 5) is 30.5. The molecule has 2 amide bonds. The summed E-state index contributed by atoms with van der Waals surface area (Å²) in [7, 11) is -3.84. The van der Waals surface area contributed by atoms with E-state index >= 15 is 0 Å². The second-order valence-electron chi connectivity index (χ2n) is 12.7. The molecule has 2 N–H and O–H groups in total. The van der Waals surface area contributed by atoms with Crippen molar-refractivity contribution in [1.29, 1.82) is 0 Å². The number of carbonyl (C=O) groups excluding carboxylic acids is 2. The molecule has 0 aliphatic heterocycles. The predicted octanol–water partition coefficient (Wildman–Crippen LogP) is 6.47. The third-order valence-corrected chi connectivity index (χ3v) is 8.19. The number of hydrogen-bond donors (Lipinski definition) is 2. The van der Waals surface area contributed by atoms with Gasteiger partial charge in [-0.3, -0.25) is 14.3 Å². The summed E-state index contributed by atoms with van der Waals surface area (Å²) in [5, 5.41) is 6.81. The Morgan fingerprint density at radius 2 is 1.51 bits per heavy atom. The minimum Gasteiger partial charge on any atom is -0.494 e. The Hall–Kier alpha value is -4.51. The molecule has 47 heavy (non-hydrogen) atoms. The van der Waals surface area contributed by atoms with E-state index in [1.807, 2.05) is 41.1 Å². The first-order valence-corrected chi connectivity index (χ1v) is 17.8. The molecule has 11 heteroatoms. The summed E-state index contributed by atoms with van der Waals surface area (Å²) in [5.41, 5.74) is 3.47. The van der Waals surface area contributed by atoms with Crippen LogP contribution in [0.25, 0.3) is 22.8 Å². The average Bonchev–Trinajstić information content (AvgIpc) is 3.52. The molecule has 1 unspecified atom stereocenters. The molecule has 0 spiro atoms. The molecular weight excluding hydrogens is 616 g/mol. The predicted molar refractivity (Wildman–Crippen MR) is 183 cm³/mol. The van der Waals surface area contributed by atoms with E-state index in [1.54, 1.807) is 36.4 Å². The highest BCUT2D eigenvalue weighted by Gasteiger charge is 2.25. The molecule has 1 atom stereocenters. The van der Waals surface area contributed by atoms with Crippen LogP contribution in [-0.4, -0.2) is 49.3 Å². The third kappa shape index (κ3) is 10.8. The highest BCUT2D eigenvalue weighted by molar-refractivity contribution is 7.89. The molecule has 0 radical (unpaired) electrons. The molecule has 0 fully saturated rings. The van der Waals surface area contributed by atoms with Crippen LogP contribution in [0.5, 0.6) is 5.75 Å². The number of hydrogen-bond acceptors (Lipinski definition) is 8. The van der Waals surface area contributed by atoms with Gasteiger partial charge in [0.15, 0.2) is 0 Å². The van der Waals surface area contributed by atoms with Crippen LogP contribution in [0.3, 0.4) is 0 Å². The van der Waals surface area contributed by atoms with Crippen molar-refractivity contribution in [2.75, 3.05) is 12.9 Å². The number of rotatable bonds is 15. The minimum atomic E-state index is -3.84. The first-order chi connectivity index (χ1) is 22.3. The summed E-state index contributed by atoms with van der Waals surface area (Å²) < 4.78 is 37.0. The van der Waals surface area contributed by atoms with Gasteiger partial charge in [0.2, 0.25) is 15.8 Å². The van der Waals surface area contributed by atoms with Gasteiger partial charge < -0.3 is 14.6 Å². The van der Waals surface area contributed by atoms with Gasteiger partial charge in [-0.1, -0.05) is 94.9 Å². The second kappa shape index (κ2) is 15.9. The van der Waals surface area contributed by atoms with Crippen molar-refractivity contribution in [3.05, 3.63) is 89.5 Å². The monoisotopic (exact) mass is 660 g/mol. The van der Waals surface area contributed by atoms with E-state index in [0.717, 1.165) is 29.6 Å². The third-order valence-electron chi connectivity index (χ3n) is 7.62. The Balaban J connectivity index is 1.40. The molecule has 4 aromatic rings. The van der Waals surface area contributed by atoms with Gasteiger partial charge >= 0.3 is 0 Å². The molecule has 250 valence electrons. The number of sulfonamides is 1. The number of nitrogens with zero attached hydrogens (tertiary/aromatic N) is 2. The van der Waals surface area contributed by atoms with Gasteiger partial charge in [-0.15, -0.1) is 0 Å². The molecule has 0 bridgehead atoms. The van der Waals surface area contributed by atoms with Crippen LogP contribution >= 0.6 is 0 Å². The molecule has 0 saturated carbocycles. The maximum atomic E-state index is 13.1. The Kier molecular flexibility index (Phi) is 11.9. The summed E-state index contributed by atoms with van der Waals surface area (Å²) in [6.07, 6.45) is 6.85. The van der Waals surface area contributed by atoms with Crippen molar-refractivity contribution in [3.63, 3.8) is 0 Å². The fourth-order valence-electron chi connectivity index (χ4n) is 4.90. The van der Waals surface area contributed by atoms with Gasteiger partial charge in [0.25, 0.3) is 17.7 Å². The molecule has 0 saturated heterocycles. The van der Waals surface area contributed by atoms with Gasteiger partial charge in [0.05, 0.1) is 12.9 Å². The lowest BCUT2D eigenvalue weighted by Gasteiger charge is -2.20. The van der Waals surface area contributed by atoms with Gasteiger partial charge in [0.1, 0.15) is 11.8 Å². The summed E-state index contributed by atoms with van der Waals surface area (Å²) >= 11 is 0. The number of unbranched alkanes of at least 4 members (excludes halogenated alkanes) is 4. The average molecular weight is 661 g/mol. The van der Waals surface area contributed by atoms with Crippen LogP contribution in [0, 0.1) is 0 Å². The number of aromatic nitrogens is 2. The van der Waals surface area contributed by atoms with Crippen LogP contribution in [0.2, 0.25) is 0 Å². The lowest BCUT2D eigenvalue weighted by atomic mass is 9.86. The Labute approximate surface area is 277 Å². The fraction of sp³-hybridized carbons (Fsp3) is 0.389. The second-order valence-corrected chi connectivity index (χ2v) is 14.5. The molecular formula is C36H44N4O6S. The number of amides is 2. The van der Waals surface area contributed by atoms with Crippen LogP contribution in [0.15, 0.2) is 77.3 Å². The first kappa shape index (κ1) is 35.3. The van der Waals surface area contributed by atoms with Gasteiger partial charge in [0, 0.05) is 23.1 Å². The van der Waals surface area contributed by atoms with Crippen LogP contribution < -0.4 is 14.8 Å². The molecule has 1 aromatic heterocycles. The topological polar surface area (TPSA) is 140 Å². The van der Waals surface area contributed by atoms with E-state index < -0.39 is 27.9 Å². The smallest absolute Gasteiger partial charge is 0.258 e. The van der Waals surface area contributed by atoms with Crippen LogP contribution in [0.1, 0.15) is 81.3 Å². The molecule has 0 aliphatic rings. The minimum absolute atomic E-state index is 0.0537. The van der Waals surface area contributed by atoms with Crippen molar-refractivity contribution in [2.24, 2.45) is 0 Å². The SMILES string of the molecule is CCCCCCCOc1ccc(-c2nc(-c3ccc(CC(NC(=O)c4ccc(C(C)(C)C)cc4)C(=O)NS(C)(=O)=O)cc3)no2)cc1. The summed E-state index contributed by atoms with van der Waals surface area (Å²) in [6, 6.07) is 20.6. The molecule has 1 heterocycles.